The molecule has 18 heavy (non-hydrogen) atoms. The van der Waals surface area contributed by atoms with Crippen molar-refractivity contribution < 1.29 is 13.2 Å². The summed E-state index contributed by atoms with van der Waals surface area (Å²) in [5.41, 5.74) is 0. The Bertz CT molecular complexity index is 390. The SMILES string of the molecule is O=C(CCN1CCCS1(=O)=O)N[C@H]1CCCNC1. The van der Waals surface area contributed by atoms with Gasteiger partial charge in [-0.25, -0.2) is 12.7 Å². The van der Waals surface area contributed by atoms with Crippen molar-refractivity contribution in [2.75, 3.05) is 31.9 Å². The highest BCUT2D eigenvalue weighted by Crippen LogP contribution is 2.13. The number of piperidine rings is 1. The predicted octanol–water partition coefficient (Wildman–Crippen LogP) is -0.720. The van der Waals surface area contributed by atoms with Gasteiger partial charge in [-0.3, -0.25) is 4.79 Å². The first-order valence-corrected chi connectivity index (χ1v) is 8.17. The lowest BCUT2D eigenvalue weighted by Gasteiger charge is -2.24. The summed E-state index contributed by atoms with van der Waals surface area (Å²) in [4.78, 5) is 11.7. The molecule has 0 aromatic carbocycles. The van der Waals surface area contributed by atoms with E-state index in [4.69, 9.17) is 0 Å². The van der Waals surface area contributed by atoms with E-state index in [-0.39, 0.29) is 24.1 Å². The topological polar surface area (TPSA) is 78.5 Å². The minimum atomic E-state index is -3.07. The molecule has 0 aliphatic carbocycles. The van der Waals surface area contributed by atoms with Gasteiger partial charge in [0.05, 0.1) is 5.75 Å². The number of hydrogen-bond donors (Lipinski definition) is 2. The summed E-state index contributed by atoms with van der Waals surface area (Å²) in [6, 6.07) is 0.196. The zero-order valence-electron chi connectivity index (χ0n) is 10.5. The first-order valence-electron chi connectivity index (χ1n) is 6.56. The zero-order valence-corrected chi connectivity index (χ0v) is 11.3. The Labute approximate surface area is 108 Å². The molecule has 2 aliphatic heterocycles. The molecule has 2 rings (SSSR count). The Balaban J connectivity index is 1.71. The molecule has 2 heterocycles. The largest absolute Gasteiger partial charge is 0.352 e. The molecule has 0 bridgehead atoms. The summed E-state index contributed by atoms with van der Waals surface area (Å²) in [5, 5.41) is 6.18. The molecule has 0 spiro atoms. The van der Waals surface area contributed by atoms with Gasteiger partial charge in [0.25, 0.3) is 0 Å². The van der Waals surface area contributed by atoms with Gasteiger partial charge in [-0.2, -0.15) is 0 Å². The number of nitrogens with one attached hydrogen (secondary N) is 2. The second kappa shape index (κ2) is 5.99. The minimum absolute atomic E-state index is 0.0502. The fourth-order valence-corrected chi connectivity index (χ4v) is 3.97. The summed E-state index contributed by atoms with van der Waals surface area (Å²) in [5.74, 6) is 0.173. The van der Waals surface area contributed by atoms with Crippen molar-refractivity contribution in [1.82, 2.24) is 14.9 Å². The third-order valence-electron chi connectivity index (χ3n) is 3.45. The van der Waals surface area contributed by atoms with Crippen molar-refractivity contribution in [2.24, 2.45) is 0 Å². The van der Waals surface area contributed by atoms with Gasteiger partial charge in [-0.15, -0.1) is 0 Å². The molecular formula is C11H21N3O3S. The van der Waals surface area contributed by atoms with Crippen LogP contribution in [-0.2, 0) is 14.8 Å². The molecule has 7 heteroatoms. The summed E-state index contributed by atoms with van der Waals surface area (Å²) < 4.78 is 24.5. The molecule has 1 amide bonds. The van der Waals surface area contributed by atoms with E-state index in [2.05, 4.69) is 10.6 Å². The molecule has 2 N–H and O–H groups in total. The maximum atomic E-state index is 11.7. The summed E-state index contributed by atoms with van der Waals surface area (Å²) in [6.45, 7) is 2.70. The van der Waals surface area contributed by atoms with Gasteiger partial charge in [0.15, 0.2) is 0 Å². The van der Waals surface area contributed by atoms with E-state index >= 15 is 0 Å². The van der Waals surface area contributed by atoms with E-state index in [1.54, 1.807) is 0 Å². The molecule has 104 valence electrons. The van der Waals surface area contributed by atoms with Crippen molar-refractivity contribution in [3.8, 4) is 0 Å². The fourth-order valence-electron chi connectivity index (χ4n) is 2.44. The van der Waals surface area contributed by atoms with Gasteiger partial charge in [-0.1, -0.05) is 0 Å². The Kier molecular flexibility index (Phi) is 4.58. The van der Waals surface area contributed by atoms with Crippen LogP contribution >= 0.6 is 0 Å². The number of amides is 1. The van der Waals surface area contributed by atoms with Crippen LogP contribution in [0.2, 0.25) is 0 Å². The average Bonchev–Trinajstić information content (AvgIpc) is 2.67. The van der Waals surface area contributed by atoms with E-state index in [9.17, 15) is 13.2 Å². The second-order valence-electron chi connectivity index (χ2n) is 4.93. The first-order chi connectivity index (χ1) is 8.58. The van der Waals surface area contributed by atoms with Crippen molar-refractivity contribution >= 4 is 15.9 Å². The Morgan fingerprint density at radius 1 is 1.39 bits per heavy atom. The van der Waals surface area contributed by atoms with Gasteiger partial charge >= 0.3 is 0 Å². The van der Waals surface area contributed by atoms with Gasteiger partial charge in [-0.05, 0) is 25.8 Å². The molecule has 6 nitrogen and oxygen atoms in total. The molecule has 0 unspecified atom stereocenters. The zero-order chi connectivity index (χ0) is 13.0. The second-order valence-corrected chi connectivity index (χ2v) is 7.02. The molecular weight excluding hydrogens is 254 g/mol. The van der Waals surface area contributed by atoms with Gasteiger partial charge in [0.2, 0.25) is 15.9 Å². The van der Waals surface area contributed by atoms with E-state index in [0.29, 0.717) is 19.5 Å². The Morgan fingerprint density at radius 3 is 2.83 bits per heavy atom. The standard InChI is InChI=1S/C11H21N3O3S/c15-11(13-10-3-1-5-12-9-10)4-7-14-6-2-8-18(14,16)17/h10,12H,1-9H2,(H,13,15)/t10-/m0/s1. The van der Waals surface area contributed by atoms with E-state index in [1.165, 1.54) is 4.31 Å². The van der Waals surface area contributed by atoms with Crippen molar-refractivity contribution in [3.05, 3.63) is 0 Å². The van der Waals surface area contributed by atoms with Gasteiger partial charge in [0.1, 0.15) is 0 Å². The molecule has 0 radical (unpaired) electrons. The molecule has 2 aliphatic rings. The van der Waals surface area contributed by atoms with Crippen LogP contribution in [0.1, 0.15) is 25.7 Å². The molecule has 1 atom stereocenters. The lowest BCUT2D eigenvalue weighted by atomic mass is 10.1. The van der Waals surface area contributed by atoms with Crippen LogP contribution in [-0.4, -0.2) is 56.6 Å². The van der Waals surface area contributed by atoms with Gasteiger partial charge in [0, 0.05) is 32.1 Å². The van der Waals surface area contributed by atoms with Crippen LogP contribution < -0.4 is 10.6 Å². The number of carbonyl (C=O) groups is 1. The van der Waals surface area contributed by atoms with Crippen molar-refractivity contribution in [1.29, 1.82) is 0 Å². The molecule has 0 aromatic heterocycles. The van der Waals surface area contributed by atoms with Gasteiger partial charge < -0.3 is 10.6 Å². The Hall–Kier alpha value is -0.660. The lowest BCUT2D eigenvalue weighted by Crippen LogP contribution is -2.46. The van der Waals surface area contributed by atoms with E-state index < -0.39 is 10.0 Å². The third-order valence-corrected chi connectivity index (χ3v) is 5.41. The molecule has 0 saturated carbocycles. The molecule has 2 saturated heterocycles. The smallest absolute Gasteiger partial charge is 0.221 e. The van der Waals surface area contributed by atoms with Crippen LogP contribution in [0.15, 0.2) is 0 Å². The Morgan fingerprint density at radius 2 is 2.22 bits per heavy atom. The van der Waals surface area contributed by atoms with Crippen LogP contribution in [0.3, 0.4) is 0 Å². The van der Waals surface area contributed by atoms with E-state index in [1.807, 2.05) is 0 Å². The van der Waals surface area contributed by atoms with Crippen LogP contribution in [0, 0.1) is 0 Å². The molecule has 2 fully saturated rings. The number of nitrogens with zero attached hydrogens (tertiary/aromatic N) is 1. The summed E-state index contributed by atoms with van der Waals surface area (Å²) in [7, 11) is -3.07. The average molecular weight is 275 g/mol. The number of sulfonamides is 1. The van der Waals surface area contributed by atoms with Crippen LogP contribution in [0.4, 0.5) is 0 Å². The third kappa shape index (κ3) is 3.66. The highest BCUT2D eigenvalue weighted by atomic mass is 32.2. The highest BCUT2D eigenvalue weighted by Gasteiger charge is 2.28. The first kappa shape index (κ1) is 13.8. The van der Waals surface area contributed by atoms with Crippen molar-refractivity contribution in [3.63, 3.8) is 0 Å². The number of carbonyl (C=O) groups excluding carboxylic acids is 1. The van der Waals surface area contributed by atoms with Crippen molar-refractivity contribution in [2.45, 2.75) is 31.7 Å². The predicted molar refractivity (Wildman–Crippen MR) is 68.6 cm³/mol. The number of hydrogen-bond acceptors (Lipinski definition) is 4. The monoisotopic (exact) mass is 275 g/mol. The van der Waals surface area contributed by atoms with E-state index in [0.717, 1.165) is 25.9 Å². The number of rotatable bonds is 4. The van der Waals surface area contributed by atoms with Crippen LogP contribution in [0.25, 0.3) is 0 Å². The quantitative estimate of drug-likeness (QED) is 0.710. The highest BCUT2D eigenvalue weighted by molar-refractivity contribution is 7.89. The maximum Gasteiger partial charge on any atom is 0.221 e. The summed E-state index contributed by atoms with van der Waals surface area (Å²) in [6.07, 6.45) is 3.01. The maximum absolute atomic E-state index is 11.7. The summed E-state index contributed by atoms with van der Waals surface area (Å²) >= 11 is 0. The molecule has 0 aromatic rings. The fraction of sp³-hybridized carbons (Fsp3) is 0.909. The lowest BCUT2D eigenvalue weighted by molar-refractivity contribution is -0.122. The minimum Gasteiger partial charge on any atom is -0.352 e. The van der Waals surface area contributed by atoms with Crippen LogP contribution in [0.5, 0.6) is 0 Å². The normalized spacial score (nSPS) is 28.1.